The van der Waals surface area contributed by atoms with Crippen molar-refractivity contribution in [2.24, 2.45) is 0 Å². The summed E-state index contributed by atoms with van der Waals surface area (Å²) in [6.07, 6.45) is 2.66. The van der Waals surface area contributed by atoms with Crippen molar-refractivity contribution < 1.29 is 4.39 Å². The van der Waals surface area contributed by atoms with Crippen molar-refractivity contribution in [2.75, 3.05) is 6.16 Å². The molecule has 0 aromatic heterocycles. The van der Waals surface area contributed by atoms with Gasteiger partial charge in [0.25, 0.3) is 0 Å². The Balaban J connectivity index is 2.62. The maximum Gasteiger partial charge on any atom is 0.0830 e. The molecule has 0 amide bonds. The van der Waals surface area contributed by atoms with E-state index in [0.717, 1.165) is 0 Å². The van der Waals surface area contributed by atoms with Gasteiger partial charge in [0.15, 0.2) is 0 Å². The van der Waals surface area contributed by atoms with E-state index < -0.39 is 0 Å². The van der Waals surface area contributed by atoms with Gasteiger partial charge in [-0.15, -0.1) is 9.24 Å². The zero-order valence-electron chi connectivity index (χ0n) is 2.82. The summed E-state index contributed by atoms with van der Waals surface area (Å²) in [4.78, 5) is 0. The van der Waals surface area contributed by atoms with Crippen LogP contribution in [0.3, 0.4) is 0 Å². The largest absolute Gasteiger partial charge is 0.216 e. The number of hydrogen-bond acceptors (Lipinski definition) is 0. The van der Waals surface area contributed by atoms with Crippen LogP contribution in [0.2, 0.25) is 0 Å². The van der Waals surface area contributed by atoms with Gasteiger partial charge in [-0.25, -0.2) is 4.39 Å². The van der Waals surface area contributed by atoms with Crippen molar-refractivity contribution in [2.45, 2.75) is 0 Å². The second-order valence-corrected chi connectivity index (χ2v) is 1.07. The molecule has 0 aliphatic rings. The van der Waals surface area contributed by atoms with Crippen LogP contribution in [0.15, 0.2) is 12.4 Å². The summed E-state index contributed by atoms with van der Waals surface area (Å²) in [7, 11) is 2.37. The average Bonchev–Trinajstić information content (AvgIpc) is 1.41. The molecule has 0 radical (unpaired) electrons. The van der Waals surface area contributed by atoms with Gasteiger partial charge in [-0.1, -0.05) is 6.08 Å². The molecule has 0 N–H and O–H groups in total. The Hall–Kier alpha value is 0.100. The molecule has 0 spiro atoms. The van der Waals surface area contributed by atoms with Gasteiger partial charge in [0.05, 0.1) is 6.33 Å². The van der Waals surface area contributed by atoms with Crippen LogP contribution in [-0.4, -0.2) is 6.16 Å². The Labute approximate surface area is 33.3 Å². The van der Waals surface area contributed by atoms with Crippen LogP contribution >= 0.6 is 9.24 Å². The maximum atomic E-state index is 10.8. The summed E-state index contributed by atoms with van der Waals surface area (Å²) < 4.78 is 10.8. The van der Waals surface area contributed by atoms with Crippen LogP contribution in [0, 0.1) is 0 Å². The van der Waals surface area contributed by atoms with Gasteiger partial charge in [-0.05, 0) is 6.16 Å². The summed E-state index contributed by atoms with van der Waals surface area (Å²) in [5, 5.41) is 0. The number of rotatable bonds is 1. The average molecular weight is 92.1 g/mol. The molecule has 2 heteroatoms. The smallest absolute Gasteiger partial charge is 0.0830 e. The van der Waals surface area contributed by atoms with E-state index in [-0.39, 0.29) is 0 Å². The van der Waals surface area contributed by atoms with E-state index in [9.17, 15) is 4.39 Å². The first-order valence-corrected chi connectivity index (χ1v) is 2.18. The number of allylic oxidation sites excluding steroid dienone is 1. The van der Waals surface area contributed by atoms with E-state index in [2.05, 4.69) is 9.24 Å². The molecule has 0 aromatic carbocycles. The molecule has 0 saturated carbocycles. The molecule has 0 aliphatic heterocycles. The van der Waals surface area contributed by atoms with Gasteiger partial charge < -0.3 is 0 Å². The Kier molecular flexibility index (Phi) is 4.18. The van der Waals surface area contributed by atoms with Crippen LogP contribution in [0.25, 0.3) is 0 Å². The van der Waals surface area contributed by atoms with Gasteiger partial charge >= 0.3 is 0 Å². The predicted octanol–water partition coefficient (Wildman–Crippen LogP) is 1.34. The zero-order valence-corrected chi connectivity index (χ0v) is 3.97. The second kappa shape index (κ2) is 4.10. The molecule has 0 fully saturated rings. The molecule has 0 bridgehead atoms. The molecular weight excluding hydrogens is 86.0 g/mol. The van der Waals surface area contributed by atoms with Crippen LogP contribution in [0.4, 0.5) is 4.39 Å². The van der Waals surface area contributed by atoms with Gasteiger partial charge in [-0.3, -0.25) is 0 Å². The second-order valence-electron chi connectivity index (χ2n) is 0.597. The molecule has 1 atom stereocenters. The fourth-order valence-electron chi connectivity index (χ4n) is 0.0514. The van der Waals surface area contributed by atoms with Crippen molar-refractivity contribution in [1.82, 2.24) is 0 Å². The Bertz CT molecular complexity index is 33.9. The fourth-order valence-corrected chi connectivity index (χ4v) is 0.154. The third kappa shape index (κ3) is 4.10. The molecule has 0 rings (SSSR count). The van der Waals surface area contributed by atoms with Gasteiger partial charge in [0, 0.05) is 0 Å². The van der Waals surface area contributed by atoms with E-state index in [0.29, 0.717) is 12.5 Å². The molecule has 5 heavy (non-hydrogen) atoms. The van der Waals surface area contributed by atoms with E-state index in [1.165, 1.54) is 6.08 Å². The molecule has 30 valence electrons. The predicted molar refractivity (Wildman–Crippen MR) is 24.8 cm³/mol. The van der Waals surface area contributed by atoms with Crippen LogP contribution in [0.1, 0.15) is 0 Å². The highest BCUT2D eigenvalue weighted by atomic mass is 31.0. The third-order valence-electron chi connectivity index (χ3n) is 0.225. The van der Waals surface area contributed by atoms with Crippen LogP contribution in [-0.2, 0) is 0 Å². The lowest BCUT2D eigenvalue weighted by Gasteiger charge is -1.62. The van der Waals surface area contributed by atoms with Crippen molar-refractivity contribution in [3.8, 4) is 0 Å². The molecule has 0 aliphatic carbocycles. The molecule has 0 nitrogen and oxygen atoms in total. The summed E-state index contributed by atoms with van der Waals surface area (Å²) in [5.74, 6) is 0. The zero-order chi connectivity index (χ0) is 4.12. The minimum atomic E-state index is 0.535. The normalized spacial score (nSPS) is 10.0. The summed E-state index contributed by atoms with van der Waals surface area (Å²) in [5.41, 5.74) is 0. The molecule has 0 saturated heterocycles. The van der Waals surface area contributed by atoms with Gasteiger partial charge in [0.1, 0.15) is 0 Å². The first-order chi connectivity index (χ1) is 2.41. The minimum Gasteiger partial charge on any atom is -0.216 e. The lowest BCUT2D eigenvalue weighted by Crippen LogP contribution is -1.48. The summed E-state index contributed by atoms with van der Waals surface area (Å²) in [6.45, 7) is 0. The van der Waals surface area contributed by atoms with Gasteiger partial charge in [-0.2, -0.15) is 0 Å². The van der Waals surface area contributed by atoms with E-state index >= 15 is 0 Å². The van der Waals surface area contributed by atoms with Crippen LogP contribution in [0.5, 0.6) is 0 Å². The maximum absolute atomic E-state index is 10.8. The first kappa shape index (κ1) is 5.10. The van der Waals surface area contributed by atoms with E-state index in [1.54, 1.807) is 0 Å². The lowest BCUT2D eigenvalue weighted by molar-refractivity contribution is 0.719. The van der Waals surface area contributed by atoms with Crippen LogP contribution < -0.4 is 0 Å². The van der Waals surface area contributed by atoms with Crippen molar-refractivity contribution >= 4 is 9.24 Å². The Morgan fingerprint density at radius 1 is 1.80 bits per heavy atom. The van der Waals surface area contributed by atoms with E-state index in [1.807, 2.05) is 0 Å². The SMILES string of the molecule is FC=CCP. The topological polar surface area (TPSA) is 0 Å². The highest BCUT2D eigenvalue weighted by molar-refractivity contribution is 7.16. The molecule has 1 unspecified atom stereocenters. The number of hydrogen-bond donors (Lipinski definition) is 0. The highest BCUT2D eigenvalue weighted by Crippen LogP contribution is 1.79. The van der Waals surface area contributed by atoms with E-state index in [4.69, 9.17) is 0 Å². The highest BCUT2D eigenvalue weighted by Gasteiger charge is 1.55. The van der Waals surface area contributed by atoms with Crippen molar-refractivity contribution in [3.63, 3.8) is 0 Å². The monoisotopic (exact) mass is 92.0 g/mol. The van der Waals surface area contributed by atoms with Crippen molar-refractivity contribution in [1.29, 1.82) is 0 Å². The quantitative estimate of drug-likeness (QED) is 0.428. The third-order valence-corrected chi connectivity index (χ3v) is 0.497. The summed E-state index contributed by atoms with van der Waals surface area (Å²) in [6, 6.07) is 0. The Morgan fingerprint density at radius 2 is 2.40 bits per heavy atom. The lowest BCUT2D eigenvalue weighted by atomic mass is 10.7. The van der Waals surface area contributed by atoms with Crippen molar-refractivity contribution in [3.05, 3.63) is 12.4 Å². The molecular formula is C3H6FP. The van der Waals surface area contributed by atoms with Gasteiger partial charge in [0.2, 0.25) is 0 Å². The number of halogens is 1. The fraction of sp³-hybridized carbons (Fsp3) is 0.333. The minimum absolute atomic E-state index is 0.535. The Morgan fingerprint density at radius 3 is 2.40 bits per heavy atom. The first-order valence-electron chi connectivity index (χ1n) is 1.37. The summed E-state index contributed by atoms with van der Waals surface area (Å²) >= 11 is 0. The molecule has 0 heterocycles. The standard InChI is InChI=1S/C3H6FP/c4-2-1-3-5/h1-2H,3,5H2. The molecule has 0 aromatic rings.